The number of halogens is 1. The Morgan fingerprint density at radius 3 is 2.74 bits per heavy atom. The number of fused-ring (bicyclic) bond motifs is 1. The summed E-state index contributed by atoms with van der Waals surface area (Å²) in [6, 6.07) is 6.19. The van der Waals surface area contributed by atoms with Gasteiger partial charge >= 0.3 is 5.97 Å². The number of carboxylic acids is 1. The standard InChI is InChI=1S/C13H19N5O.C11H9FN2O2/c1-19-10-6-17-13-11(9(15)5-16-13)12(10)18-4-2-3-8(14)7-18;12-10-3-1-8(2-4-10)6-14-7-9(5-13-14)11(15)16/h5-6,8H,2-4,7,14-15H2,1H3,(H,16,17);1-5,7H,6H2,(H,15,16)/t8-;/m1./s1. The Balaban J connectivity index is 0.000000168. The highest BCUT2D eigenvalue weighted by Crippen LogP contribution is 2.39. The molecular weight excluding hydrogens is 453 g/mol. The molecular formula is C24H28FN7O3. The zero-order valence-electron chi connectivity index (χ0n) is 19.3. The summed E-state index contributed by atoms with van der Waals surface area (Å²) in [5.41, 5.74) is 15.6. The fraction of sp³-hybridized carbons (Fsp3) is 0.292. The number of aromatic carboxylic acids is 1. The number of benzene rings is 1. The number of nitrogens with zero attached hydrogens (tertiary/aromatic N) is 4. The lowest BCUT2D eigenvalue weighted by Crippen LogP contribution is -2.43. The van der Waals surface area contributed by atoms with Crippen molar-refractivity contribution in [2.45, 2.75) is 25.4 Å². The molecule has 0 spiro atoms. The van der Waals surface area contributed by atoms with Gasteiger partial charge in [-0.2, -0.15) is 5.10 Å². The van der Waals surface area contributed by atoms with Gasteiger partial charge in [0.2, 0.25) is 0 Å². The number of hydrogen-bond acceptors (Lipinski definition) is 7. The van der Waals surface area contributed by atoms with Crippen molar-refractivity contribution in [2.75, 3.05) is 30.8 Å². The second-order valence-corrected chi connectivity index (χ2v) is 8.35. The number of hydrogen-bond donors (Lipinski definition) is 4. The molecule has 4 heterocycles. The molecule has 1 saturated heterocycles. The maximum absolute atomic E-state index is 12.6. The zero-order chi connectivity index (χ0) is 24.9. The maximum Gasteiger partial charge on any atom is 0.338 e. The number of nitrogens with one attached hydrogen (secondary N) is 1. The molecule has 1 atom stereocenters. The number of aromatic nitrogens is 4. The summed E-state index contributed by atoms with van der Waals surface area (Å²) in [4.78, 5) is 20.3. The van der Waals surface area contributed by atoms with Crippen molar-refractivity contribution in [1.82, 2.24) is 19.7 Å². The number of piperidine rings is 1. The number of nitrogen functional groups attached to an aromatic ring is 1. The van der Waals surface area contributed by atoms with Gasteiger partial charge in [-0.05, 0) is 30.5 Å². The molecule has 1 aliphatic heterocycles. The van der Waals surface area contributed by atoms with E-state index in [0.717, 1.165) is 54.0 Å². The maximum atomic E-state index is 12.6. The van der Waals surface area contributed by atoms with Crippen LogP contribution in [-0.4, -0.2) is 57.1 Å². The normalized spacial score (nSPS) is 15.5. The van der Waals surface area contributed by atoms with Gasteiger partial charge < -0.3 is 31.2 Å². The van der Waals surface area contributed by atoms with E-state index in [0.29, 0.717) is 12.2 Å². The minimum atomic E-state index is -1.01. The molecule has 1 aromatic carbocycles. The highest BCUT2D eigenvalue weighted by Gasteiger charge is 2.24. The van der Waals surface area contributed by atoms with Crippen LogP contribution >= 0.6 is 0 Å². The number of H-pyrrole nitrogens is 1. The lowest BCUT2D eigenvalue weighted by Gasteiger charge is -2.33. The van der Waals surface area contributed by atoms with Crippen LogP contribution in [-0.2, 0) is 6.54 Å². The number of carboxylic acid groups (broad SMARTS) is 1. The first-order chi connectivity index (χ1) is 16.9. The lowest BCUT2D eigenvalue weighted by molar-refractivity contribution is 0.0696. The van der Waals surface area contributed by atoms with Crippen molar-refractivity contribution in [3.8, 4) is 5.75 Å². The topological polar surface area (TPSA) is 148 Å². The summed E-state index contributed by atoms with van der Waals surface area (Å²) < 4.78 is 19.6. The molecule has 0 unspecified atom stereocenters. The summed E-state index contributed by atoms with van der Waals surface area (Å²) in [7, 11) is 1.65. The highest BCUT2D eigenvalue weighted by molar-refractivity contribution is 6.02. The SMILES string of the molecule is COc1cnc2[nH]cc(N)c2c1N1CCC[C@@H](N)C1.O=C(O)c1cnn(Cc2ccc(F)cc2)c1. The molecule has 1 fully saturated rings. The number of aromatic amines is 1. The van der Waals surface area contributed by atoms with E-state index in [9.17, 15) is 9.18 Å². The number of ether oxygens (including phenoxy) is 1. The van der Waals surface area contributed by atoms with E-state index in [2.05, 4.69) is 20.0 Å². The largest absolute Gasteiger partial charge is 0.493 e. The first-order valence-corrected chi connectivity index (χ1v) is 11.2. The predicted molar refractivity (Wildman–Crippen MR) is 131 cm³/mol. The Labute approximate surface area is 201 Å². The van der Waals surface area contributed by atoms with E-state index < -0.39 is 5.97 Å². The molecule has 1 aliphatic rings. The molecule has 0 bridgehead atoms. The fourth-order valence-corrected chi connectivity index (χ4v) is 4.10. The Kier molecular flexibility index (Phi) is 7.16. The molecule has 10 nitrogen and oxygen atoms in total. The van der Waals surface area contributed by atoms with Crippen LogP contribution in [0.25, 0.3) is 11.0 Å². The van der Waals surface area contributed by atoms with Crippen LogP contribution in [0.3, 0.4) is 0 Å². The van der Waals surface area contributed by atoms with Crippen molar-refractivity contribution in [2.24, 2.45) is 5.73 Å². The number of carbonyl (C=O) groups is 1. The number of methoxy groups -OCH3 is 1. The molecule has 0 amide bonds. The Bertz CT molecular complexity index is 1300. The van der Waals surface area contributed by atoms with Crippen LogP contribution in [0.1, 0.15) is 28.8 Å². The molecule has 3 aromatic heterocycles. The first kappa shape index (κ1) is 24.0. The number of nitrogens with two attached hydrogens (primary N) is 2. The van der Waals surface area contributed by atoms with E-state index in [4.69, 9.17) is 21.3 Å². The minimum Gasteiger partial charge on any atom is -0.493 e. The zero-order valence-corrected chi connectivity index (χ0v) is 19.3. The molecule has 6 N–H and O–H groups in total. The Morgan fingerprint density at radius 2 is 2.09 bits per heavy atom. The van der Waals surface area contributed by atoms with Crippen molar-refractivity contribution in [1.29, 1.82) is 0 Å². The van der Waals surface area contributed by atoms with Crippen LogP contribution in [0.4, 0.5) is 15.8 Å². The van der Waals surface area contributed by atoms with Gasteiger partial charge in [0.15, 0.2) is 5.75 Å². The van der Waals surface area contributed by atoms with Gasteiger partial charge in [0.1, 0.15) is 11.5 Å². The Morgan fingerprint density at radius 1 is 1.31 bits per heavy atom. The van der Waals surface area contributed by atoms with Gasteiger partial charge in [-0.15, -0.1) is 0 Å². The second-order valence-electron chi connectivity index (χ2n) is 8.35. The molecule has 0 aliphatic carbocycles. The predicted octanol–water partition coefficient (Wildman–Crippen LogP) is 2.85. The van der Waals surface area contributed by atoms with E-state index in [1.165, 1.54) is 29.2 Å². The van der Waals surface area contributed by atoms with E-state index >= 15 is 0 Å². The summed E-state index contributed by atoms with van der Waals surface area (Å²) in [6.45, 7) is 2.21. The van der Waals surface area contributed by atoms with Gasteiger partial charge in [0.05, 0.1) is 48.4 Å². The minimum absolute atomic E-state index is 0.141. The van der Waals surface area contributed by atoms with E-state index in [-0.39, 0.29) is 17.4 Å². The van der Waals surface area contributed by atoms with Crippen molar-refractivity contribution in [3.05, 3.63) is 66.0 Å². The van der Waals surface area contributed by atoms with Crippen molar-refractivity contribution < 1.29 is 19.0 Å². The van der Waals surface area contributed by atoms with Gasteiger partial charge in [-0.1, -0.05) is 12.1 Å². The van der Waals surface area contributed by atoms with Crippen LogP contribution in [0.15, 0.2) is 49.1 Å². The summed E-state index contributed by atoms with van der Waals surface area (Å²) in [6.07, 6.45) is 8.36. The molecule has 0 radical (unpaired) electrons. The van der Waals surface area contributed by atoms with Crippen LogP contribution in [0, 0.1) is 5.82 Å². The van der Waals surface area contributed by atoms with Gasteiger partial charge in [-0.25, -0.2) is 14.2 Å². The van der Waals surface area contributed by atoms with Crippen LogP contribution in [0.2, 0.25) is 0 Å². The fourth-order valence-electron chi connectivity index (χ4n) is 4.10. The number of pyridine rings is 1. The third-order valence-electron chi connectivity index (χ3n) is 5.80. The smallest absolute Gasteiger partial charge is 0.338 e. The first-order valence-electron chi connectivity index (χ1n) is 11.2. The number of rotatable bonds is 5. The van der Waals surface area contributed by atoms with Gasteiger partial charge in [-0.3, -0.25) is 4.68 Å². The molecule has 5 rings (SSSR count). The van der Waals surface area contributed by atoms with Crippen LogP contribution in [0.5, 0.6) is 5.75 Å². The average molecular weight is 482 g/mol. The Hall–Kier alpha value is -4.12. The van der Waals surface area contributed by atoms with Gasteiger partial charge in [0.25, 0.3) is 0 Å². The monoisotopic (exact) mass is 481 g/mol. The third-order valence-corrected chi connectivity index (χ3v) is 5.80. The lowest BCUT2D eigenvalue weighted by atomic mass is 10.0. The third kappa shape index (κ3) is 5.52. The van der Waals surface area contributed by atoms with Crippen molar-refractivity contribution in [3.63, 3.8) is 0 Å². The second kappa shape index (κ2) is 10.4. The average Bonchev–Trinajstić information content (AvgIpc) is 3.47. The van der Waals surface area contributed by atoms with Crippen LogP contribution < -0.4 is 21.1 Å². The molecule has 11 heteroatoms. The molecule has 0 saturated carbocycles. The molecule has 184 valence electrons. The summed E-state index contributed by atoms with van der Waals surface area (Å²) >= 11 is 0. The molecule has 35 heavy (non-hydrogen) atoms. The summed E-state index contributed by atoms with van der Waals surface area (Å²) in [5, 5.41) is 13.5. The highest BCUT2D eigenvalue weighted by atomic mass is 19.1. The quantitative estimate of drug-likeness (QED) is 0.340. The summed E-state index contributed by atoms with van der Waals surface area (Å²) in [5.74, 6) is -0.561. The van der Waals surface area contributed by atoms with Crippen molar-refractivity contribution >= 4 is 28.4 Å². The van der Waals surface area contributed by atoms with Gasteiger partial charge in [0, 0.05) is 31.5 Å². The van der Waals surface area contributed by atoms with E-state index in [1.807, 2.05) is 0 Å². The van der Waals surface area contributed by atoms with E-state index in [1.54, 1.807) is 31.6 Å². The number of anilines is 2. The molecule has 4 aromatic rings.